The highest BCUT2D eigenvalue weighted by atomic mass is 32.1. The Balaban J connectivity index is 1.53. The number of amides is 2. The molecule has 0 aromatic carbocycles. The minimum absolute atomic E-state index is 0.0517. The molecule has 6 nitrogen and oxygen atoms in total. The second-order valence-corrected chi connectivity index (χ2v) is 8.13. The number of hydrogen-bond donors (Lipinski definition) is 1. The Morgan fingerprint density at radius 3 is 2.70 bits per heavy atom. The van der Waals surface area contributed by atoms with Crippen LogP contribution in [0.2, 0.25) is 0 Å². The Hall–Kier alpha value is -2.12. The smallest absolute Gasteiger partial charge is 0.317 e. The molecule has 2 aromatic rings. The molecule has 3 rings (SSSR count). The molecule has 0 spiro atoms. The van der Waals surface area contributed by atoms with Crippen LogP contribution in [0.1, 0.15) is 37.3 Å². The zero-order valence-electron chi connectivity index (χ0n) is 16.4. The molecule has 0 bridgehead atoms. The minimum atomic E-state index is -0.0872. The Morgan fingerprint density at radius 2 is 2.11 bits per heavy atom. The molecule has 3 atom stereocenters. The van der Waals surface area contributed by atoms with Crippen molar-refractivity contribution in [1.29, 1.82) is 0 Å². The highest BCUT2D eigenvalue weighted by Gasteiger charge is 2.23. The lowest BCUT2D eigenvalue weighted by Gasteiger charge is -2.36. The normalized spacial score (nSPS) is 21.0. The van der Waals surface area contributed by atoms with Gasteiger partial charge in [0.1, 0.15) is 5.82 Å². The number of morpholine rings is 1. The van der Waals surface area contributed by atoms with E-state index in [0.717, 1.165) is 24.5 Å². The molecule has 2 amide bonds. The number of urea groups is 1. The largest absolute Gasteiger partial charge is 0.372 e. The second-order valence-electron chi connectivity index (χ2n) is 7.15. The van der Waals surface area contributed by atoms with E-state index < -0.39 is 0 Å². The molecule has 0 radical (unpaired) electrons. The van der Waals surface area contributed by atoms with Gasteiger partial charge in [0.15, 0.2) is 0 Å². The molecule has 3 heterocycles. The van der Waals surface area contributed by atoms with Gasteiger partial charge in [0.2, 0.25) is 0 Å². The first kappa shape index (κ1) is 19.6. The SMILES string of the molecule is CC1CN(c2ccc(CNC(=O)N(C)C(C)c3cccs3)cn2)CC(C)O1. The molecular weight excluding hydrogens is 360 g/mol. The van der Waals surface area contributed by atoms with Crippen molar-refractivity contribution in [2.24, 2.45) is 0 Å². The van der Waals surface area contributed by atoms with E-state index in [1.54, 1.807) is 16.2 Å². The molecule has 1 aliphatic heterocycles. The fourth-order valence-corrected chi connectivity index (χ4v) is 4.10. The second kappa shape index (κ2) is 8.71. The number of aromatic nitrogens is 1. The van der Waals surface area contributed by atoms with Crippen molar-refractivity contribution in [3.05, 3.63) is 46.3 Å². The molecule has 146 valence electrons. The monoisotopic (exact) mass is 388 g/mol. The van der Waals surface area contributed by atoms with Crippen molar-refractivity contribution in [3.63, 3.8) is 0 Å². The van der Waals surface area contributed by atoms with Crippen LogP contribution in [0.25, 0.3) is 0 Å². The van der Waals surface area contributed by atoms with Crippen molar-refractivity contribution < 1.29 is 9.53 Å². The van der Waals surface area contributed by atoms with E-state index >= 15 is 0 Å². The summed E-state index contributed by atoms with van der Waals surface area (Å²) in [6.45, 7) is 8.35. The number of ether oxygens (including phenoxy) is 1. The van der Waals surface area contributed by atoms with Crippen LogP contribution in [0.5, 0.6) is 0 Å². The summed E-state index contributed by atoms with van der Waals surface area (Å²) in [5.41, 5.74) is 0.985. The van der Waals surface area contributed by atoms with Crippen molar-refractivity contribution >= 4 is 23.2 Å². The summed E-state index contributed by atoms with van der Waals surface area (Å²) in [7, 11) is 1.82. The topological polar surface area (TPSA) is 57.7 Å². The third-order valence-corrected chi connectivity index (χ3v) is 5.90. The molecule has 27 heavy (non-hydrogen) atoms. The van der Waals surface area contributed by atoms with Crippen molar-refractivity contribution in [2.75, 3.05) is 25.0 Å². The van der Waals surface area contributed by atoms with Gasteiger partial charge in [-0.2, -0.15) is 0 Å². The fourth-order valence-electron chi connectivity index (χ4n) is 3.27. The van der Waals surface area contributed by atoms with Crippen LogP contribution >= 0.6 is 11.3 Å². The van der Waals surface area contributed by atoms with Gasteiger partial charge in [-0.25, -0.2) is 9.78 Å². The van der Waals surface area contributed by atoms with Gasteiger partial charge in [0.05, 0.1) is 18.2 Å². The molecule has 2 aromatic heterocycles. The van der Waals surface area contributed by atoms with Crippen molar-refractivity contribution in [1.82, 2.24) is 15.2 Å². The molecule has 1 aliphatic rings. The number of nitrogens with zero attached hydrogens (tertiary/aromatic N) is 3. The van der Waals surface area contributed by atoms with Crippen LogP contribution in [-0.4, -0.2) is 48.3 Å². The molecular formula is C20H28N4O2S. The van der Waals surface area contributed by atoms with E-state index in [0.29, 0.717) is 6.54 Å². The average molecular weight is 389 g/mol. The predicted octanol–water partition coefficient (Wildman–Crippen LogP) is 3.66. The van der Waals surface area contributed by atoms with Gasteiger partial charge in [-0.15, -0.1) is 11.3 Å². The summed E-state index contributed by atoms with van der Waals surface area (Å²) < 4.78 is 5.77. The zero-order chi connectivity index (χ0) is 19.4. The summed E-state index contributed by atoms with van der Waals surface area (Å²) in [6.07, 6.45) is 2.24. The number of hydrogen-bond acceptors (Lipinski definition) is 5. The van der Waals surface area contributed by atoms with Crippen LogP contribution in [0.15, 0.2) is 35.8 Å². The Labute approximate surface area is 165 Å². The first-order chi connectivity index (χ1) is 12.9. The van der Waals surface area contributed by atoms with Gasteiger partial charge < -0.3 is 19.9 Å². The van der Waals surface area contributed by atoms with Gasteiger partial charge in [-0.1, -0.05) is 12.1 Å². The maximum Gasteiger partial charge on any atom is 0.317 e. The third kappa shape index (κ3) is 4.99. The van der Waals surface area contributed by atoms with Gasteiger partial charge in [-0.3, -0.25) is 0 Å². The Kier molecular flexibility index (Phi) is 6.34. The molecule has 3 unspecified atom stereocenters. The van der Waals surface area contributed by atoms with Crippen LogP contribution in [0, 0.1) is 0 Å². The molecule has 0 saturated carbocycles. The van der Waals surface area contributed by atoms with Crippen LogP contribution < -0.4 is 10.2 Å². The number of thiophene rings is 1. The molecule has 7 heteroatoms. The number of carbonyl (C=O) groups is 1. The lowest BCUT2D eigenvalue weighted by molar-refractivity contribution is -0.00546. The fraction of sp³-hybridized carbons (Fsp3) is 0.500. The number of carbonyl (C=O) groups excluding carboxylic acids is 1. The molecule has 1 N–H and O–H groups in total. The standard InChI is InChI=1S/C20H28N4O2S/c1-14-12-24(13-15(2)26-14)19-8-7-17(10-21-19)11-22-20(25)23(4)16(3)18-6-5-9-27-18/h5-10,14-16H,11-13H2,1-4H3,(H,22,25). The highest BCUT2D eigenvalue weighted by molar-refractivity contribution is 7.10. The number of anilines is 1. The highest BCUT2D eigenvalue weighted by Crippen LogP contribution is 2.23. The maximum absolute atomic E-state index is 12.4. The van der Waals surface area contributed by atoms with E-state index in [-0.39, 0.29) is 24.3 Å². The number of rotatable bonds is 5. The van der Waals surface area contributed by atoms with E-state index in [9.17, 15) is 4.79 Å². The average Bonchev–Trinajstić information content (AvgIpc) is 3.19. The summed E-state index contributed by atoms with van der Waals surface area (Å²) in [4.78, 5) is 22.1. The van der Waals surface area contributed by atoms with E-state index in [1.807, 2.05) is 43.7 Å². The maximum atomic E-state index is 12.4. The van der Waals surface area contributed by atoms with Crippen LogP contribution in [-0.2, 0) is 11.3 Å². The van der Waals surface area contributed by atoms with Crippen LogP contribution in [0.3, 0.4) is 0 Å². The van der Waals surface area contributed by atoms with E-state index in [2.05, 4.69) is 35.1 Å². The molecule has 1 saturated heterocycles. The Bertz CT molecular complexity index is 725. The summed E-state index contributed by atoms with van der Waals surface area (Å²) >= 11 is 1.66. The first-order valence-electron chi connectivity index (χ1n) is 9.33. The summed E-state index contributed by atoms with van der Waals surface area (Å²) in [5, 5.41) is 5.00. The number of nitrogens with one attached hydrogen (secondary N) is 1. The van der Waals surface area contributed by atoms with E-state index in [1.165, 1.54) is 4.88 Å². The summed E-state index contributed by atoms with van der Waals surface area (Å²) in [5.74, 6) is 0.954. The molecule has 1 fully saturated rings. The van der Waals surface area contributed by atoms with Gasteiger partial charge >= 0.3 is 6.03 Å². The lowest BCUT2D eigenvalue weighted by atomic mass is 10.2. The van der Waals surface area contributed by atoms with Gasteiger partial charge in [0, 0.05) is 37.8 Å². The minimum Gasteiger partial charge on any atom is -0.372 e. The predicted molar refractivity (Wildman–Crippen MR) is 109 cm³/mol. The first-order valence-corrected chi connectivity index (χ1v) is 10.2. The summed E-state index contributed by atoms with van der Waals surface area (Å²) in [6, 6.07) is 8.06. The number of pyridine rings is 1. The third-order valence-electron chi connectivity index (χ3n) is 4.85. The Morgan fingerprint density at radius 1 is 1.37 bits per heavy atom. The van der Waals surface area contributed by atoms with Crippen LogP contribution in [0.4, 0.5) is 10.6 Å². The quantitative estimate of drug-likeness (QED) is 0.849. The van der Waals surface area contributed by atoms with Gasteiger partial charge in [0.25, 0.3) is 0 Å². The van der Waals surface area contributed by atoms with Crippen molar-refractivity contribution in [2.45, 2.75) is 45.6 Å². The van der Waals surface area contributed by atoms with Crippen molar-refractivity contribution in [3.8, 4) is 0 Å². The zero-order valence-corrected chi connectivity index (χ0v) is 17.2. The molecule has 0 aliphatic carbocycles. The van der Waals surface area contributed by atoms with E-state index in [4.69, 9.17) is 4.74 Å². The lowest BCUT2D eigenvalue weighted by Crippen LogP contribution is -2.45. The van der Waals surface area contributed by atoms with Gasteiger partial charge in [-0.05, 0) is 43.8 Å².